The summed E-state index contributed by atoms with van der Waals surface area (Å²) in [5, 5.41) is 3.85. The summed E-state index contributed by atoms with van der Waals surface area (Å²) in [6.45, 7) is -2.52. The highest BCUT2D eigenvalue weighted by atomic mass is 35.5. The molecule has 0 unspecified atom stereocenters. The van der Waals surface area contributed by atoms with Gasteiger partial charge in [-0.15, -0.1) is 0 Å². The minimum Gasteiger partial charge on any atom is -0.328 e. The topological polar surface area (TPSA) is 46.9 Å². The van der Waals surface area contributed by atoms with Gasteiger partial charge in [-0.25, -0.2) is 4.98 Å². The largest absolute Gasteiger partial charge is 0.328 e. The van der Waals surface area contributed by atoms with E-state index in [2.05, 4.69) is 10.3 Å². The Morgan fingerprint density at radius 1 is 1.08 bits per heavy atom. The second kappa shape index (κ2) is 6.65. The van der Waals surface area contributed by atoms with Crippen molar-refractivity contribution in [1.29, 1.82) is 0 Å². The van der Waals surface area contributed by atoms with E-state index in [4.69, 9.17) is 15.7 Å². The van der Waals surface area contributed by atoms with Gasteiger partial charge in [0.15, 0.2) is 0 Å². The Kier molecular flexibility index (Phi) is 3.36. The number of rotatable bonds is 3. The summed E-state index contributed by atoms with van der Waals surface area (Å²) in [5.41, 5.74) is 1.95. The number of hydrogen-bond donors (Lipinski definition) is 1. The lowest BCUT2D eigenvalue weighted by Gasteiger charge is -2.09. The lowest BCUT2D eigenvalue weighted by molar-refractivity contribution is 0.102. The highest BCUT2D eigenvalue weighted by Gasteiger charge is 2.22. The van der Waals surface area contributed by atoms with Crippen molar-refractivity contribution in [3.63, 3.8) is 0 Å². The first-order valence-electron chi connectivity index (χ1n) is 9.48. The van der Waals surface area contributed by atoms with Crippen LogP contribution in [0.3, 0.4) is 0 Å². The molecule has 0 aliphatic heterocycles. The van der Waals surface area contributed by atoms with Crippen LogP contribution in [0.15, 0.2) is 72.9 Å². The summed E-state index contributed by atoms with van der Waals surface area (Å²) in [4.78, 5) is 17.5. The number of carbonyl (C=O) groups excluding carboxylic acids is 1. The van der Waals surface area contributed by atoms with Crippen LogP contribution in [0.25, 0.3) is 22.3 Å². The third kappa shape index (κ3) is 2.85. The van der Waals surface area contributed by atoms with Gasteiger partial charge in [0, 0.05) is 33.4 Å². The van der Waals surface area contributed by atoms with Crippen LogP contribution >= 0.6 is 11.6 Å². The minimum absolute atomic E-state index is 0.229. The molecule has 1 amide bonds. The van der Waals surface area contributed by atoms with Crippen molar-refractivity contribution in [1.82, 2.24) is 9.55 Å². The van der Waals surface area contributed by atoms with E-state index in [0.717, 1.165) is 4.57 Å². The maximum atomic E-state index is 13.3. The van der Waals surface area contributed by atoms with Gasteiger partial charge in [0.2, 0.25) is 0 Å². The van der Waals surface area contributed by atoms with Gasteiger partial charge >= 0.3 is 0 Å². The average molecular weight is 365 g/mol. The molecule has 0 spiro atoms. The fourth-order valence-electron chi connectivity index (χ4n) is 2.94. The van der Waals surface area contributed by atoms with Crippen molar-refractivity contribution >= 4 is 34.2 Å². The van der Waals surface area contributed by atoms with Crippen molar-refractivity contribution in [3.05, 3.63) is 83.5 Å². The quantitative estimate of drug-likeness (QED) is 0.546. The first-order valence-corrected chi connectivity index (χ1v) is 8.36. The molecule has 2 aromatic heterocycles. The predicted molar refractivity (Wildman–Crippen MR) is 106 cm³/mol. The van der Waals surface area contributed by atoms with Crippen molar-refractivity contribution in [3.8, 4) is 11.3 Å². The van der Waals surface area contributed by atoms with Crippen LogP contribution in [0.4, 0.5) is 5.69 Å². The molecule has 0 aliphatic carbocycles. The molecule has 1 N–H and O–H groups in total. The van der Waals surface area contributed by atoms with Crippen LogP contribution in [-0.2, 0) is 6.98 Å². The van der Waals surface area contributed by atoms with Crippen LogP contribution in [-0.4, -0.2) is 15.5 Å². The third-order valence-electron chi connectivity index (χ3n) is 4.10. The summed E-state index contributed by atoms with van der Waals surface area (Å²) >= 11 is 5.92. The van der Waals surface area contributed by atoms with E-state index in [1.807, 2.05) is 6.07 Å². The van der Waals surface area contributed by atoms with E-state index in [1.54, 1.807) is 60.7 Å². The van der Waals surface area contributed by atoms with E-state index in [-0.39, 0.29) is 11.2 Å². The molecule has 0 atom stereocenters. The van der Waals surface area contributed by atoms with Gasteiger partial charge in [0.1, 0.15) is 5.65 Å². The Bertz CT molecular complexity index is 1190. The fourth-order valence-corrected chi connectivity index (χ4v) is 3.07. The molecule has 0 bridgehead atoms. The smallest absolute Gasteiger partial charge is 0.258 e. The molecular formula is C21H16ClN3O. The molecule has 4 nitrogen and oxygen atoms in total. The number of aryl methyl sites for hydroxylation is 1. The molecular weight excluding hydrogens is 346 g/mol. The monoisotopic (exact) mass is 364 g/mol. The number of pyridine rings is 1. The van der Waals surface area contributed by atoms with Crippen molar-refractivity contribution in [2.45, 2.75) is 0 Å². The Balaban J connectivity index is 1.97. The van der Waals surface area contributed by atoms with Crippen molar-refractivity contribution in [2.24, 2.45) is 6.98 Å². The summed E-state index contributed by atoms with van der Waals surface area (Å²) in [5.74, 6) is -0.424. The molecule has 0 fully saturated rings. The van der Waals surface area contributed by atoms with Crippen LogP contribution < -0.4 is 5.32 Å². The van der Waals surface area contributed by atoms with Crippen LogP contribution in [0.1, 0.15) is 14.5 Å². The van der Waals surface area contributed by atoms with E-state index in [9.17, 15) is 4.79 Å². The molecule has 26 heavy (non-hydrogen) atoms. The van der Waals surface area contributed by atoms with E-state index >= 15 is 0 Å². The number of hydrogen-bond acceptors (Lipinski definition) is 2. The summed E-state index contributed by atoms with van der Waals surface area (Å²) < 4.78 is 25.3. The summed E-state index contributed by atoms with van der Waals surface area (Å²) in [7, 11) is 0. The lowest BCUT2D eigenvalue weighted by Crippen LogP contribution is -2.13. The van der Waals surface area contributed by atoms with E-state index in [0.29, 0.717) is 27.4 Å². The van der Waals surface area contributed by atoms with Gasteiger partial charge in [-0.3, -0.25) is 4.79 Å². The molecule has 2 heterocycles. The van der Waals surface area contributed by atoms with Gasteiger partial charge in [-0.2, -0.15) is 0 Å². The van der Waals surface area contributed by atoms with Crippen molar-refractivity contribution < 1.29 is 8.91 Å². The molecule has 0 saturated carbocycles. The van der Waals surface area contributed by atoms with E-state index in [1.165, 1.54) is 6.20 Å². The van der Waals surface area contributed by atoms with Gasteiger partial charge in [-0.1, -0.05) is 41.9 Å². The van der Waals surface area contributed by atoms with Crippen LogP contribution in [0, 0.1) is 0 Å². The minimum atomic E-state index is -2.52. The molecule has 2 aromatic carbocycles. The molecule has 0 aliphatic rings. The van der Waals surface area contributed by atoms with Gasteiger partial charge in [0.25, 0.3) is 5.91 Å². The first-order chi connectivity index (χ1) is 13.9. The Morgan fingerprint density at radius 3 is 2.58 bits per heavy atom. The number of amides is 1. The standard InChI is InChI=1S/C21H16ClN3O/c1-25-19(14-6-3-2-4-7-14)18(17-8-5-13-23-20(17)25)21(26)24-16-11-9-15(22)10-12-16/h2-13H,1H3,(H,24,26)/i1D3. The molecule has 4 rings (SSSR count). The maximum absolute atomic E-state index is 13.3. The Morgan fingerprint density at radius 2 is 1.85 bits per heavy atom. The zero-order chi connectivity index (χ0) is 20.6. The number of aromatic nitrogens is 2. The number of fused-ring (bicyclic) bond motifs is 1. The molecule has 4 aromatic rings. The normalized spacial score (nSPS) is 13.0. The van der Waals surface area contributed by atoms with Gasteiger partial charge in [0.05, 0.1) is 11.3 Å². The summed E-state index contributed by atoms with van der Waals surface area (Å²) in [6.07, 6.45) is 1.51. The predicted octanol–water partition coefficient (Wildman–Crippen LogP) is 5.15. The van der Waals surface area contributed by atoms with Crippen LogP contribution in [0.2, 0.25) is 5.02 Å². The Hall–Kier alpha value is -3.11. The zero-order valence-corrected chi connectivity index (χ0v) is 14.4. The molecule has 128 valence electrons. The molecule has 0 radical (unpaired) electrons. The highest BCUT2D eigenvalue weighted by molar-refractivity contribution is 6.30. The van der Waals surface area contributed by atoms with Gasteiger partial charge < -0.3 is 9.88 Å². The van der Waals surface area contributed by atoms with E-state index < -0.39 is 12.9 Å². The number of nitrogens with zero attached hydrogens (tertiary/aromatic N) is 2. The number of carbonyl (C=O) groups is 1. The number of anilines is 1. The van der Waals surface area contributed by atoms with Crippen LogP contribution in [0.5, 0.6) is 0 Å². The van der Waals surface area contributed by atoms with Crippen molar-refractivity contribution in [2.75, 3.05) is 5.32 Å². The molecule has 5 heteroatoms. The highest BCUT2D eigenvalue weighted by Crippen LogP contribution is 2.32. The number of halogens is 1. The zero-order valence-electron chi connectivity index (χ0n) is 16.6. The lowest BCUT2D eigenvalue weighted by atomic mass is 10.0. The second-order valence-corrected chi connectivity index (χ2v) is 6.20. The molecule has 0 saturated heterocycles. The summed E-state index contributed by atoms with van der Waals surface area (Å²) in [6, 6.07) is 19.1. The average Bonchev–Trinajstić information content (AvgIpc) is 3.06. The fraction of sp³-hybridized carbons (Fsp3) is 0.0476. The Labute approximate surface area is 160 Å². The third-order valence-corrected chi connectivity index (χ3v) is 4.36. The number of benzene rings is 2. The first kappa shape index (κ1) is 13.1. The van der Waals surface area contributed by atoms with Gasteiger partial charge in [-0.05, 0) is 42.0 Å². The maximum Gasteiger partial charge on any atom is 0.258 e. The second-order valence-electron chi connectivity index (χ2n) is 5.76. The number of nitrogens with one attached hydrogen (secondary N) is 1. The SMILES string of the molecule is [2H]C([2H])([2H])n1c(-c2ccccc2)c(C(=O)Nc2ccc(Cl)cc2)c2cccnc21.